The Labute approximate surface area is 189 Å². The number of hydrogen-bond acceptors (Lipinski definition) is 5. The fourth-order valence-corrected chi connectivity index (χ4v) is 4.18. The third kappa shape index (κ3) is 8.30. The quantitative estimate of drug-likeness (QED) is 0.304. The lowest BCUT2D eigenvalue weighted by Gasteiger charge is -2.32. The Morgan fingerprint density at radius 3 is 2.41 bits per heavy atom. The molecular weight excluding hydrogens is 406 g/mol. The highest BCUT2D eigenvalue weighted by atomic mass is 16.9. The lowest BCUT2D eigenvalue weighted by Crippen LogP contribution is -2.35. The molecule has 7 nitrogen and oxygen atoms in total. The van der Waals surface area contributed by atoms with Gasteiger partial charge in [0.25, 0.3) is 11.0 Å². The van der Waals surface area contributed by atoms with Crippen molar-refractivity contribution >= 4 is 5.91 Å². The molecule has 1 aliphatic heterocycles. The number of amides is 1. The topological polar surface area (TPSA) is 84.7 Å². The normalized spacial score (nSPS) is 14.8. The van der Waals surface area contributed by atoms with Crippen LogP contribution in [-0.2, 0) is 17.9 Å². The van der Waals surface area contributed by atoms with Gasteiger partial charge in [-0.25, -0.2) is 0 Å². The van der Waals surface area contributed by atoms with Gasteiger partial charge in [0.05, 0.1) is 0 Å². The minimum absolute atomic E-state index is 0.112. The molecule has 0 bridgehead atoms. The van der Waals surface area contributed by atoms with Crippen LogP contribution < -0.4 is 5.32 Å². The van der Waals surface area contributed by atoms with E-state index in [1.54, 1.807) is 24.3 Å². The number of nitrogens with one attached hydrogen (secondary N) is 1. The Morgan fingerprint density at radius 1 is 1.00 bits per heavy atom. The first-order chi connectivity index (χ1) is 15.6. The first kappa shape index (κ1) is 23.7. The molecular formula is C25H33N3O4. The average Bonchev–Trinajstić information content (AvgIpc) is 2.82. The summed E-state index contributed by atoms with van der Waals surface area (Å²) < 4.78 is 0. The van der Waals surface area contributed by atoms with E-state index in [1.165, 1.54) is 37.9 Å². The van der Waals surface area contributed by atoms with Crippen LogP contribution in [0.2, 0.25) is 0 Å². The van der Waals surface area contributed by atoms with Crippen LogP contribution in [0.15, 0.2) is 54.6 Å². The van der Waals surface area contributed by atoms with Gasteiger partial charge in [-0.2, -0.15) is 0 Å². The molecule has 172 valence electrons. The van der Waals surface area contributed by atoms with Crippen molar-refractivity contribution in [1.82, 2.24) is 10.2 Å². The van der Waals surface area contributed by atoms with Crippen molar-refractivity contribution in [3.05, 3.63) is 81.4 Å². The molecule has 0 radical (unpaired) electrons. The van der Waals surface area contributed by atoms with Crippen molar-refractivity contribution in [2.75, 3.05) is 26.2 Å². The largest absolute Gasteiger partial charge is 0.352 e. The van der Waals surface area contributed by atoms with Crippen LogP contribution >= 0.6 is 0 Å². The van der Waals surface area contributed by atoms with E-state index in [2.05, 4.69) is 45.4 Å². The van der Waals surface area contributed by atoms with Gasteiger partial charge in [0, 0.05) is 12.1 Å². The number of nitrogens with zero attached hydrogens (tertiary/aromatic N) is 2. The van der Waals surface area contributed by atoms with Crippen molar-refractivity contribution < 1.29 is 14.7 Å². The van der Waals surface area contributed by atoms with E-state index < -0.39 is 5.09 Å². The van der Waals surface area contributed by atoms with Crippen LogP contribution in [0.25, 0.3) is 0 Å². The molecule has 2 aromatic rings. The molecule has 1 aliphatic rings. The summed E-state index contributed by atoms with van der Waals surface area (Å²) in [5, 5.41) is 12.3. The average molecular weight is 440 g/mol. The maximum absolute atomic E-state index is 12.2. The van der Waals surface area contributed by atoms with Gasteiger partial charge in [-0.1, -0.05) is 48.9 Å². The third-order valence-electron chi connectivity index (χ3n) is 6.06. The summed E-state index contributed by atoms with van der Waals surface area (Å²) in [5.41, 5.74) is 2.66. The summed E-state index contributed by atoms with van der Waals surface area (Å²) in [7, 11) is 0. The molecule has 0 atom stereocenters. The maximum atomic E-state index is 12.2. The molecule has 0 unspecified atom stereocenters. The van der Waals surface area contributed by atoms with Crippen LogP contribution in [0.4, 0.5) is 0 Å². The van der Waals surface area contributed by atoms with Crippen LogP contribution in [0.3, 0.4) is 0 Å². The van der Waals surface area contributed by atoms with E-state index in [9.17, 15) is 14.9 Å². The van der Waals surface area contributed by atoms with Crippen molar-refractivity contribution in [3.63, 3.8) is 0 Å². The van der Waals surface area contributed by atoms with E-state index >= 15 is 0 Å². The number of benzene rings is 2. The number of rotatable bonds is 12. The van der Waals surface area contributed by atoms with Gasteiger partial charge in [0.2, 0.25) is 0 Å². The van der Waals surface area contributed by atoms with Crippen LogP contribution in [0.1, 0.15) is 53.6 Å². The predicted octanol–water partition coefficient (Wildman–Crippen LogP) is 4.25. The van der Waals surface area contributed by atoms with Gasteiger partial charge >= 0.3 is 0 Å². The van der Waals surface area contributed by atoms with E-state index in [0.717, 1.165) is 31.7 Å². The predicted molar refractivity (Wildman–Crippen MR) is 124 cm³/mol. The van der Waals surface area contributed by atoms with E-state index in [0.29, 0.717) is 17.7 Å². The van der Waals surface area contributed by atoms with Crippen LogP contribution in [-0.4, -0.2) is 42.1 Å². The molecule has 1 saturated heterocycles. The summed E-state index contributed by atoms with van der Waals surface area (Å²) >= 11 is 0. The van der Waals surface area contributed by atoms with Gasteiger partial charge in [-0.05, 0) is 80.9 Å². The van der Waals surface area contributed by atoms with Gasteiger partial charge in [0.1, 0.15) is 6.61 Å². The molecule has 7 heteroatoms. The Morgan fingerprint density at radius 2 is 1.72 bits per heavy atom. The molecule has 1 fully saturated rings. The lowest BCUT2D eigenvalue weighted by atomic mass is 9.90. The molecule has 1 N–H and O–H groups in total. The van der Waals surface area contributed by atoms with Crippen LogP contribution in [0, 0.1) is 16.0 Å². The van der Waals surface area contributed by atoms with Gasteiger partial charge < -0.3 is 15.1 Å². The third-order valence-corrected chi connectivity index (χ3v) is 6.06. The second-order valence-electron chi connectivity index (χ2n) is 8.49. The standard InChI is InChI=1S/C25H33N3O4/c29-25(24-11-9-23(10-12-24)20-32-28(30)31)26-15-5-2-6-16-27-17-13-22(14-18-27)19-21-7-3-1-4-8-21/h1,3-4,7-12,22H,2,5-6,13-20H2,(H,26,29). The number of carbonyl (C=O) groups excluding carboxylic acids is 1. The molecule has 1 amide bonds. The maximum Gasteiger partial charge on any atom is 0.294 e. The van der Waals surface area contributed by atoms with Gasteiger partial charge in [-0.3, -0.25) is 4.79 Å². The lowest BCUT2D eigenvalue weighted by molar-refractivity contribution is -0.763. The van der Waals surface area contributed by atoms with E-state index in [1.807, 2.05) is 0 Å². The zero-order valence-corrected chi connectivity index (χ0v) is 18.6. The summed E-state index contributed by atoms with van der Waals surface area (Å²) in [6, 6.07) is 17.5. The van der Waals surface area contributed by atoms with Crippen molar-refractivity contribution in [2.45, 2.75) is 45.1 Å². The molecule has 32 heavy (non-hydrogen) atoms. The van der Waals surface area contributed by atoms with Gasteiger partial charge in [-0.15, -0.1) is 10.1 Å². The highest BCUT2D eigenvalue weighted by Crippen LogP contribution is 2.21. The van der Waals surface area contributed by atoms with E-state index in [-0.39, 0.29) is 12.5 Å². The Kier molecular flexibility index (Phi) is 9.50. The Balaban J connectivity index is 1.22. The SMILES string of the molecule is O=C(NCCCCCN1CCC(Cc2ccccc2)CC1)c1ccc(CO[N+](=O)[O-])cc1. The summed E-state index contributed by atoms with van der Waals surface area (Å²) in [4.78, 5) is 29.3. The molecule has 0 spiro atoms. The number of likely N-dealkylation sites (tertiary alicyclic amines) is 1. The summed E-state index contributed by atoms with van der Waals surface area (Å²) in [6.07, 6.45) is 6.98. The van der Waals surface area contributed by atoms with Crippen molar-refractivity contribution in [1.29, 1.82) is 0 Å². The highest BCUT2D eigenvalue weighted by Gasteiger charge is 2.18. The first-order valence-corrected chi connectivity index (χ1v) is 11.5. The molecule has 2 aromatic carbocycles. The number of hydrogen-bond donors (Lipinski definition) is 1. The molecule has 0 aromatic heterocycles. The molecule has 1 heterocycles. The smallest absolute Gasteiger partial charge is 0.294 e. The Hall–Kier alpha value is -2.93. The fourth-order valence-electron chi connectivity index (χ4n) is 4.18. The Bertz CT molecular complexity index is 834. The van der Waals surface area contributed by atoms with Crippen molar-refractivity contribution in [3.8, 4) is 0 Å². The van der Waals surface area contributed by atoms with E-state index in [4.69, 9.17) is 0 Å². The van der Waals surface area contributed by atoms with Crippen LogP contribution in [0.5, 0.6) is 0 Å². The second kappa shape index (κ2) is 12.8. The second-order valence-corrected chi connectivity index (χ2v) is 8.49. The summed E-state index contributed by atoms with van der Waals surface area (Å²) in [5.74, 6) is 0.686. The van der Waals surface area contributed by atoms with Gasteiger partial charge in [0.15, 0.2) is 0 Å². The minimum Gasteiger partial charge on any atom is -0.352 e. The highest BCUT2D eigenvalue weighted by molar-refractivity contribution is 5.94. The fraction of sp³-hybridized carbons (Fsp3) is 0.480. The molecule has 0 saturated carbocycles. The van der Waals surface area contributed by atoms with Crippen molar-refractivity contribution in [2.24, 2.45) is 5.92 Å². The number of unbranched alkanes of at least 4 members (excludes halogenated alkanes) is 2. The molecule has 3 rings (SSSR count). The molecule has 0 aliphatic carbocycles. The zero-order valence-electron chi connectivity index (χ0n) is 18.6. The monoisotopic (exact) mass is 439 g/mol. The summed E-state index contributed by atoms with van der Waals surface area (Å²) in [6.45, 7) is 4.07. The number of carbonyl (C=O) groups is 1. The minimum atomic E-state index is -0.825. The first-order valence-electron chi connectivity index (χ1n) is 11.5. The zero-order chi connectivity index (χ0) is 22.6. The number of piperidine rings is 1.